The van der Waals surface area contributed by atoms with Gasteiger partial charge in [-0.05, 0) is 28.3 Å². The van der Waals surface area contributed by atoms with Crippen LogP contribution in [-0.4, -0.2) is 45.8 Å². The molecule has 0 aliphatic rings. The standard InChI is InChI=1S/C12H10O2.C9H11NO2.C2H5NO2/c13-12(14)8-9-5-6-10-3-1-2-4-11(10)7-9;10-8(9(11)12)6-7-4-2-1-3-5-7;3-1-2(4)5/h1-7H,8H2,(H,13,14);1-5,8H,6,10H2,(H,11,12);1,3H2,(H,4,5). The van der Waals surface area contributed by atoms with Gasteiger partial charge in [0.05, 0.1) is 13.0 Å². The van der Waals surface area contributed by atoms with Crippen molar-refractivity contribution < 1.29 is 29.7 Å². The number of rotatable bonds is 6. The van der Waals surface area contributed by atoms with Crippen molar-refractivity contribution in [1.82, 2.24) is 0 Å². The molecular weight excluding hydrogens is 400 g/mol. The zero-order chi connectivity index (χ0) is 23.2. The molecule has 3 aromatic carbocycles. The molecule has 0 fully saturated rings. The Bertz CT molecular complexity index is 992. The van der Waals surface area contributed by atoms with E-state index < -0.39 is 23.9 Å². The third-order valence-electron chi connectivity index (χ3n) is 3.96. The summed E-state index contributed by atoms with van der Waals surface area (Å²) in [7, 11) is 0. The fraction of sp³-hybridized carbons (Fsp3) is 0.174. The number of hydrogen-bond acceptors (Lipinski definition) is 5. The normalized spacial score (nSPS) is 10.6. The van der Waals surface area contributed by atoms with Crippen molar-refractivity contribution in [2.24, 2.45) is 11.5 Å². The van der Waals surface area contributed by atoms with Gasteiger partial charge in [0.1, 0.15) is 6.04 Å². The highest BCUT2D eigenvalue weighted by atomic mass is 16.4. The van der Waals surface area contributed by atoms with Gasteiger partial charge in [0.15, 0.2) is 0 Å². The summed E-state index contributed by atoms with van der Waals surface area (Å²) in [5.41, 5.74) is 11.7. The maximum atomic E-state index is 10.5. The molecule has 0 aliphatic heterocycles. The van der Waals surface area contributed by atoms with Crippen LogP contribution in [0.5, 0.6) is 0 Å². The largest absolute Gasteiger partial charge is 0.481 e. The molecule has 7 N–H and O–H groups in total. The highest BCUT2D eigenvalue weighted by molar-refractivity contribution is 5.84. The van der Waals surface area contributed by atoms with Crippen LogP contribution < -0.4 is 11.5 Å². The van der Waals surface area contributed by atoms with Gasteiger partial charge in [0.2, 0.25) is 0 Å². The van der Waals surface area contributed by atoms with Crippen LogP contribution in [-0.2, 0) is 27.2 Å². The highest BCUT2D eigenvalue weighted by Gasteiger charge is 2.10. The summed E-state index contributed by atoms with van der Waals surface area (Å²) in [4.78, 5) is 30.1. The molecule has 0 saturated heterocycles. The van der Waals surface area contributed by atoms with E-state index in [4.69, 9.17) is 21.1 Å². The molecule has 0 amide bonds. The average molecular weight is 426 g/mol. The first-order valence-electron chi connectivity index (χ1n) is 9.36. The Morgan fingerprint density at radius 2 is 1.29 bits per heavy atom. The first kappa shape index (κ1) is 25.3. The molecule has 1 unspecified atom stereocenters. The Balaban J connectivity index is 0.000000259. The van der Waals surface area contributed by atoms with Crippen LogP contribution in [0.1, 0.15) is 11.1 Å². The molecule has 0 bridgehead atoms. The third kappa shape index (κ3) is 10.6. The van der Waals surface area contributed by atoms with Crippen molar-refractivity contribution in [3.8, 4) is 0 Å². The average Bonchev–Trinajstić information content (AvgIpc) is 2.74. The number of carboxylic acid groups (broad SMARTS) is 3. The highest BCUT2D eigenvalue weighted by Crippen LogP contribution is 2.15. The van der Waals surface area contributed by atoms with E-state index in [0.29, 0.717) is 6.42 Å². The van der Waals surface area contributed by atoms with Crippen LogP contribution in [0.25, 0.3) is 10.8 Å². The molecule has 3 aromatic rings. The van der Waals surface area contributed by atoms with Gasteiger partial charge in [0, 0.05) is 0 Å². The van der Waals surface area contributed by atoms with Crippen molar-refractivity contribution in [3.63, 3.8) is 0 Å². The maximum Gasteiger partial charge on any atom is 0.320 e. The zero-order valence-corrected chi connectivity index (χ0v) is 16.8. The number of fused-ring (bicyclic) bond motifs is 1. The first-order chi connectivity index (χ1) is 14.7. The Morgan fingerprint density at radius 1 is 0.742 bits per heavy atom. The van der Waals surface area contributed by atoms with Crippen molar-refractivity contribution in [1.29, 1.82) is 0 Å². The van der Waals surface area contributed by atoms with Gasteiger partial charge >= 0.3 is 17.9 Å². The first-order valence-corrected chi connectivity index (χ1v) is 9.36. The van der Waals surface area contributed by atoms with Crippen molar-refractivity contribution in [2.45, 2.75) is 18.9 Å². The summed E-state index contributed by atoms with van der Waals surface area (Å²) < 4.78 is 0. The van der Waals surface area contributed by atoms with E-state index in [2.05, 4.69) is 5.73 Å². The van der Waals surface area contributed by atoms with E-state index in [1.54, 1.807) is 0 Å². The predicted octanol–water partition coefficient (Wildman–Crippen LogP) is 2.14. The summed E-state index contributed by atoms with van der Waals surface area (Å²) >= 11 is 0. The SMILES string of the molecule is NC(Cc1ccccc1)C(=O)O.NCC(=O)O.O=C(O)Cc1ccc2ccccc2c1. The lowest BCUT2D eigenvalue weighted by atomic mass is 10.1. The monoisotopic (exact) mass is 426 g/mol. The molecular formula is C23H26N2O6. The second-order valence-corrected chi connectivity index (χ2v) is 6.48. The smallest absolute Gasteiger partial charge is 0.320 e. The van der Waals surface area contributed by atoms with E-state index >= 15 is 0 Å². The summed E-state index contributed by atoms with van der Waals surface area (Å²) in [6, 6.07) is 22.2. The van der Waals surface area contributed by atoms with Gasteiger partial charge in [-0.1, -0.05) is 72.8 Å². The lowest BCUT2D eigenvalue weighted by molar-refractivity contribution is -0.138. The van der Waals surface area contributed by atoms with Gasteiger partial charge in [-0.25, -0.2) is 0 Å². The van der Waals surface area contributed by atoms with Gasteiger partial charge in [-0.15, -0.1) is 0 Å². The minimum absolute atomic E-state index is 0.0881. The van der Waals surface area contributed by atoms with Crippen LogP contribution in [0.4, 0.5) is 0 Å². The molecule has 0 heterocycles. The molecule has 31 heavy (non-hydrogen) atoms. The van der Waals surface area contributed by atoms with Gasteiger partial charge in [-0.3, -0.25) is 14.4 Å². The lowest BCUT2D eigenvalue weighted by Crippen LogP contribution is -2.32. The number of nitrogens with two attached hydrogens (primary N) is 2. The van der Waals surface area contributed by atoms with Gasteiger partial charge in [0.25, 0.3) is 0 Å². The second kappa shape index (κ2) is 13.5. The number of carbonyl (C=O) groups is 3. The van der Waals surface area contributed by atoms with Crippen LogP contribution in [0.15, 0.2) is 72.8 Å². The summed E-state index contributed by atoms with van der Waals surface area (Å²) in [5.74, 6) is -2.72. The Morgan fingerprint density at radius 3 is 1.81 bits per heavy atom. The number of benzene rings is 3. The molecule has 164 valence electrons. The molecule has 8 nitrogen and oxygen atoms in total. The van der Waals surface area contributed by atoms with Crippen LogP contribution in [0, 0.1) is 0 Å². The van der Waals surface area contributed by atoms with Gasteiger partial charge in [-0.2, -0.15) is 0 Å². The molecule has 0 radical (unpaired) electrons. The van der Waals surface area contributed by atoms with Crippen LogP contribution >= 0.6 is 0 Å². The van der Waals surface area contributed by atoms with E-state index in [1.807, 2.05) is 72.8 Å². The fourth-order valence-corrected chi connectivity index (χ4v) is 2.48. The number of hydrogen-bond donors (Lipinski definition) is 5. The molecule has 3 rings (SSSR count). The van der Waals surface area contributed by atoms with Crippen molar-refractivity contribution in [3.05, 3.63) is 83.9 Å². The van der Waals surface area contributed by atoms with Crippen LogP contribution in [0.3, 0.4) is 0 Å². The van der Waals surface area contributed by atoms with E-state index in [-0.39, 0.29) is 13.0 Å². The van der Waals surface area contributed by atoms with E-state index in [1.165, 1.54) is 0 Å². The molecule has 8 heteroatoms. The summed E-state index contributed by atoms with van der Waals surface area (Å²) in [6.07, 6.45) is 0.473. The van der Waals surface area contributed by atoms with Crippen molar-refractivity contribution >= 4 is 28.7 Å². The topological polar surface area (TPSA) is 164 Å². The molecule has 0 aromatic heterocycles. The molecule has 1 atom stereocenters. The summed E-state index contributed by atoms with van der Waals surface area (Å²) in [6.45, 7) is -0.278. The Kier molecular flexibility index (Phi) is 11.0. The van der Waals surface area contributed by atoms with Gasteiger partial charge < -0.3 is 26.8 Å². The molecule has 0 saturated carbocycles. The Hall–Kier alpha value is -3.75. The maximum absolute atomic E-state index is 10.5. The fourth-order valence-electron chi connectivity index (χ4n) is 2.48. The number of aliphatic carboxylic acids is 3. The molecule has 0 spiro atoms. The van der Waals surface area contributed by atoms with E-state index in [0.717, 1.165) is 21.9 Å². The summed E-state index contributed by atoms with van der Waals surface area (Å²) in [5, 5.41) is 27.0. The molecule has 0 aliphatic carbocycles. The van der Waals surface area contributed by atoms with Crippen LogP contribution in [0.2, 0.25) is 0 Å². The minimum atomic E-state index is -0.968. The predicted molar refractivity (Wildman–Crippen MR) is 118 cm³/mol. The second-order valence-electron chi connectivity index (χ2n) is 6.48. The minimum Gasteiger partial charge on any atom is -0.481 e. The lowest BCUT2D eigenvalue weighted by Gasteiger charge is -2.04. The van der Waals surface area contributed by atoms with Crippen molar-refractivity contribution in [2.75, 3.05) is 6.54 Å². The third-order valence-corrected chi connectivity index (χ3v) is 3.96. The zero-order valence-electron chi connectivity index (χ0n) is 16.8. The number of carboxylic acids is 3. The Labute approximate surface area is 179 Å². The quantitative estimate of drug-likeness (QED) is 0.400. The van der Waals surface area contributed by atoms with E-state index in [9.17, 15) is 14.4 Å².